The van der Waals surface area contributed by atoms with E-state index in [1.54, 1.807) is 41.3 Å². The molecule has 5 nitrogen and oxygen atoms in total. The number of Topliss-reactive ketones (excluding diaryl/α,β-unsaturated/α-hetero) is 1. The highest BCUT2D eigenvalue weighted by Crippen LogP contribution is 2.17. The maximum Gasteiger partial charge on any atom is 0.253 e. The van der Waals surface area contributed by atoms with Crippen LogP contribution in [0.25, 0.3) is 0 Å². The maximum absolute atomic E-state index is 12.6. The molecule has 0 aliphatic carbocycles. The van der Waals surface area contributed by atoms with Crippen molar-refractivity contribution in [3.05, 3.63) is 77.4 Å². The fourth-order valence-electron chi connectivity index (χ4n) is 2.95. The van der Waals surface area contributed by atoms with Gasteiger partial charge < -0.3 is 4.90 Å². The number of amides is 1. The summed E-state index contributed by atoms with van der Waals surface area (Å²) in [6, 6.07) is 12.7. The highest BCUT2D eigenvalue weighted by Gasteiger charge is 2.21. The van der Waals surface area contributed by atoms with Gasteiger partial charge in [-0.1, -0.05) is 43.3 Å². The fourth-order valence-corrected chi connectivity index (χ4v) is 4.26. The van der Waals surface area contributed by atoms with E-state index in [-0.39, 0.29) is 16.4 Å². The van der Waals surface area contributed by atoms with Crippen LogP contribution in [-0.2, 0) is 9.84 Å². The molecule has 0 unspecified atom stereocenters. The van der Waals surface area contributed by atoms with Crippen molar-refractivity contribution in [2.75, 3.05) is 18.8 Å². The number of sulfone groups is 1. The van der Waals surface area contributed by atoms with Crippen molar-refractivity contribution < 1.29 is 18.0 Å². The van der Waals surface area contributed by atoms with E-state index in [1.165, 1.54) is 12.1 Å². The predicted octanol–water partition coefficient (Wildman–Crippen LogP) is 4.08. The standard InChI is InChI=1S/C23H27NO4S/c1-5-15-24(6-2)23(26)20-11-9-19(10-12-20)22(25)18(4)16-29(27,28)21-13-7-17(3)8-14-21/h7-14H,4-6,15-16H2,1-3H3. The zero-order valence-corrected chi connectivity index (χ0v) is 18.0. The van der Waals surface area contributed by atoms with Gasteiger partial charge in [0.2, 0.25) is 0 Å². The number of carbonyl (C=O) groups excluding carboxylic acids is 2. The number of aryl methyl sites for hydroxylation is 1. The quantitative estimate of drug-likeness (QED) is 0.459. The van der Waals surface area contributed by atoms with Gasteiger partial charge in [-0.3, -0.25) is 9.59 Å². The van der Waals surface area contributed by atoms with Crippen LogP contribution >= 0.6 is 0 Å². The summed E-state index contributed by atoms with van der Waals surface area (Å²) in [5, 5.41) is 0. The molecule has 2 aromatic rings. The molecule has 0 spiro atoms. The molecule has 0 saturated carbocycles. The molecule has 154 valence electrons. The Bertz CT molecular complexity index is 990. The van der Waals surface area contributed by atoms with Crippen LogP contribution in [0.2, 0.25) is 0 Å². The van der Waals surface area contributed by atoms with Crippen LogP contribution in [-0.4, -0.2) is 43.9 Å². The van der Waals surface area contributed by atoms with Gasteiger partial charge in [0, 0.05) is 29.8 Å². The summed E-state index contributed by atoms with van der Waals surface area (Å²) in [6.45, 7) is 10.8. The van der Waals surface area contributed by atoms with Gasteiger partial charge in [-0.25, -0.2) is 8.42 Å². The van der Waals surface area contributed by atoms with Crippen molar-refractivity contribution in [1.82, 2.24) is 4.90 Å². The van der Waals surface area contributed by atoms with Gasteiger partial charge >= 0.3 is 0 Å². The molecule has 6 heteroatoms. The number of hydrogen-bond donors (Lipinski definition) is 0. The summed E-state index contributed by atoms with van der Waals surface area (Å²) in [7, 11) is -3.65. The van der Waals surface area contributed by atoms with Gasteiger partial charge in [0.25, 0.3) is 5.91 Å². The lowest BCUT2D eigenvalue weighted by atomic mass is 10.0. The molecule has 1 amide bonds. The molecule has 0 heterocycles. The van der Waals surface area contributed by atoms with Crippen LogP contribution in [0, 0.1) is 6.92 Å². The normalized spacial score (nSPS) is 11.1. The molecule has 0 saturated heterocycles. The van der Waals surface area contributed by atoms with Crippen molar-refractivity contribution in [2.24, 2.45) is 0 Å². The first-order chi connectivity index (χ1) is 13.7. The molecule has 0 bridgehead atoms. The van der Waals surface area contributed by atoms with E-state index in [0.717, 1.165) is 12.0 Å². The van der Waals surface area contributed by atoms with Crippen LogP contribution in [0.4, 0.5) is 0 Å². The van der Waals surface area contributed by atoms with Gasteiger partial charge in [-0.05, 0) is 44.5 Å². The average Bonchev–Trinajstić information content (AvgIpc) is 2.71. The predicted molar refractivity (Wildman–Crippen MR) is 115 cm³/mol. The third-order valence-electron chi connectivity index (χ3n) is 4.62. The Balaban J connectivity index is 2.12. The van der Waals surface area contributed by atoms with Crippen molar-refractivity contribution in [2.45, 2.75) is 32.1 Å². The minimum atomic E-state index is -3.65. The van der Waals surface area contributed by atoms with E-state index in [9.17, 15) is 18.0 Å². The minimum absolute atomic E-state index is 0.00850. The first-order valence-electron chi connectivity index (χ1n) is 9.60. The molecular weight excluding hydrogens is 386 g/mol. The van der Waals surface area contributed by atoms with E-state index in [1.807, 2.05) is 20.8 Å². The molecule has 0 radical (unpaired) electrons. The monoisotopic (exact) mass is 413 g/mol. The van der Waals surface area contributed by atoms with E-state index in [2.05, 4.69) is 6.58 Å². The average molecular weight is 414 g/mol. The maximum atomic E-state index is 12.6. The molecule has 0 aliphatic heterocycles. The highest BCUT2D eigenvalue weighted by molar-refractivity contribution is 7.91. The summed E-state index contributed by atoms with van der Waals surface area (Å²) in [5.74, 6) is -0.981. The van der Waals surface area contributed by atoms with E-state index >= 15 is 0 Å². The second kappa shape index (κ2) is 9.65. The molecule has 2 aromatic carbocycles. The van der Waals surface area contributed by atoms with Crippen molar-refractivity contribution in [3.63, 3.8) is 0 Å². The van der Waals surface area contributed by atoms with Gasteiger partial charge in [-0.15, -0.1) is 0 Å². The zero-order valence-electron chi connectivity index (χ0n) is 17.1. The number of carbonyl (C=O) groups is 2. The van der Waals surface area contributed by atoms with Crippen LogP contribution < -0.4 is 0 Å². The largest absolute Gasteiger partial charge is 0.339 e. The number of benzene rings is 2. The van der Waals surface area contributed by atoms with Crippen molar-refractivity contribution in [3.8, 4) is 0 Å². The Morgan fingerprint density at radius 2 is 1.48 bits per heavy atom. The lowest BCUT2D eigenvalue weighted by Crippen LogP contribution is -2.31. The van der Waals surface area contributed by atoms with Crippen LogP contribution in [0.3, 0.4) is 0 Å². The van der Waals surface area contributed by atoms with E-state index in [0.29, 0.717) is 24.2 Å². The van der Waals surface area contributed by atoms with E-state index in [4.69, 9.17) is 0 Å². The third-order valence-corrected chi connectivity index (χ3v) is 6.34. The van der Waals surface area contributed by atoms with Crippen LogP contribution in [0.15, 0.2) is 65.6 Å². The van der Waals surface area contributed by atoms with Gasteiger partial charge in [0.1, 0.15) is 0 Å². The van der Waals surface area contributed by atoms with Crippen molar-refractivity contribution in [1.29, 1.82) is 0 Å². The fraction of sp³-hybridized carbons (Fsp3) is 0.304. The van der Waals surface area contributed by atoms with Gasteiger partial charge in [-0.2, -0.15) is 0 Å². The first kappa shape index (κ1) is 22.6. The van der Waals surface area contributed by atoms with Gasteiger partial charge in [0.15, 0.2) is 15.6 Å². The molecule has 0 fully saturated rings. The second-order valence-electron chi connectivity index (χ2n) is 6.97. The molecule has 29 heavy (non-hydrogen) atoms. The number of nitrogens with zero attached hydrogens (tertiary/aromatic N) is 1. The Morgan fingerprint density at radius 3 is 2.00 bits per heavy atom. The van der Waals surface area contributed by atoms with Crippen molar-refractivity contribution >= 4 is 21.5 Å². The topological polar surface area (TPSA) is 71.5 Å². The smallest absolute Gasteiger partial charge is 0.253 e. The third kappa shape index (κ3) is 5.64. The molecule has 2 rings (SSSR count). The second-order valence-corrected chi connectivity index (χ2v) is 8.96. The Hall–Kier alpha value is -2.73. The number of ketones is 1. The summed E-state index contributed by atoms with van der Waals surface area (Å²) in [6.07, 6.45) is 0.866. The first-order valence-corrected chi connectivity index (χ1v) is 11.3. The minimum Gasteiger partial charge on any atom is -0.339 e. The highest BCUT2D eigenvalue weighted by atomic mass is 32.2. The van der Waals surface area contributed by atoms with Gasteiger partial charge in [0.05, 0.1) is 10.6 Å². The van der Waals surface area contributed by atoms with Crippen LogP contribution in [0.5, 0.6) is 0 Å². The summed E-state index contributed by atoms with van der Waals surface area (Å²) < 4.78 is 25.1. The number of hydrogen-bond acceptors (Lipinski definition) is 4. The Kier molecular flexibility index (Phi) is 7.51. The molecular formula is C23H27NO4S. The Morgan fingerprint density at radius 1 is 0.931 bits per heavy atom. The summed E-state index contributed by atoms with van der Waals surface area (Å²) in [4.78, 5) is 27.0. The number of rotatable bonds is 9. The Labute approximate surface area is 173 Å². The molecule has 0 atom stereocenters. The SMILES string of the molecule is C=C(CS(=O)(=O)c1ccc(C)cc1)C(=O)c1ccc(C(=O)N(CC)CCC)cc1. The molecule has 0 aromatic heterocycles. The lowest BCUT2D eigenvalue weighted by molar-refractivity contribution is 0.0764. The molecule has 0 N–H and O–H groups in total. The lowest BCUT2D eigenvalue weighted by Gasteiger charge is -2.20. The van der Waals surface area contributed by atoms with E-state index < -0.39 is 21.4 Å². The summed E-state index contributed by atoms with van der Waals surface area (Å²) >= 11 is 0. The van der Waals surface area contributed by atoms with Crippen LogP contribution in [0.1, 0.15) is 46.5 Å². The molecule has 0 aliphatic rings. The zero-order chi connectivity index (χ0) is 21.6. The summed E-state index contributed by atoms with van der Waals surface area (Å²) in [5.41, 5.74) is 1.75.